The molecule has 0 aromatic rings. The van der Waals surface area contributed by atoms with E-state index in [0.29, 0.717) is 0 Å². The van der Waals surface area contributed by atoms with E-state index in [1.165, 1.54) is 6.08 Å². The number of carbonyl (C=O) groups excluding carboxylic acids is 2. The number of rotatable bonds is 6. The van der Waals surface area contributed by atoms with Crippen molar-refractivity contribution in [2.75, 3.05) is 0 Å². The van der Waals surface area contributed by atoms with Crippen LogP contribution in [0.1, 0.15) is 60.3 Å². The molecule has 0 radical (unpaired) electrons. The normalized spacial score (nSPS) is 22.1. The van der Waals surface area contributed by atoms with Gasteiger partial charge in [-0.2, -0.15) is 0 Å². The van der Waals surface area contributed by atoms with Crippen molar-refractivity contribution in [2.24, 2.45) is 11.3 Å². The van der Waals surface area contributed by atoms with Crippen molar-refractivity contribution in [2.45, 2.75) is 60.3 Å². The zero-order chi connectivity index (χ0) is 16.2. The first-order chi connectivity index (χ1) is 9.75. The largest absolute Gasteiger partial charge is 0.295 e. The van der Waals surface area contributed by atoms with Gasteiger partial charge in [0, 0.05) is 16.9 Å². The van der Waals surface area contributed by atoms with Crippen LogP contribution < -0.4 is 0 Å². The Morgan fingerprint density at radius 1 is 1.38 bits per heavy atom. The molecule has 0 heterocycles. The van der Waals surface area contributed by atoms with Crippen molar-refractivity contribution >= 4 is 11.6 Å². The average molecular weight is 288 g/mol. The molecule has 21 heavy (non-hydrogen) atoms. The number of ketones is 2. The smallest absolute Gasteiger partial charge is 0.182 e. The van der Waals surface area contributed by atoms with Gasteiger partial charge in [0.15, 0.2) is 11.6 Å². The summed E-state index contributed by atoms with van der Waals surface area (Å²) in [6.45, 7) is 13.8. The minimum absolute atomic E-state index is 0.0482. The second-order valence-electron chi connectivity index (χ2n) is 6.68. The summed E-state index contributed by atoms with van der Waals surface area (Å²) in [6.07, 6.45) is 6.74. The molecule has 0 saturated carbocycles. The molecular formula is C19H28O2. The van der Waals surface area contributed by atoms with Gasteiger partial charge in [-0.1, -0.05) is 44.9 Å². The predicted octanol–water partition coefficient (Wildman–Crippen LogP) is 4.81. The lowest BCUT2D eigenvalue weighted by Crippen LogP contribution is -2.38. The van der Waals surface area contributed by atoms with E-state index in [-0.39, 0.29) is 17.5 Å². The molecule has 0 N–H and O–H groups in total. The highest BCUT2D eigenvalue weighted by Gasteiger charge is 2.42. The molecule has 116 valence electrons. The van der Waals surface area contributed by atoms with Crippen molar-refractivity contribution in [1.29, 1.82) is 0 Å². The molecule has 1 rings (SSSR count). The van der Waals surface area contributed by atoms with Gasteiger partial charge < -0.3 is 0 Å². The van der Waals surface area contributed by atoms with Gasteiger partial charge in [0.05, 0.1) is 0 Å². The van der Waals surface area contributed by atoms with E-state index in [1.54, 1.807) is 6.08 Å². The maximum atomic E-state index is 12.7. The van der Waals surface area contributed by atoms with Crippen molar-refractivity contribution < 1.29 is 9.59 Å². The standard InChI is InChI=1S/C19H28O2/c1-7-9-13(3)12-17(21)18-14(4)10-11-15(16(20)8-2)19(18,5)6/h8,12,15H,2,7,9-11H2,1,3-6H3/b13-12+. The maximum absolute atomic E-state index is 12.7. The van der Waals surface area contributed by atoms with Crippen molar-refractivity contribution in [1.82, 2.24) is 0 Å². The molecule has 0 saturated heterocycles. The number of allylic oxidation sites excluding steroid dienone is 5. The van der Waals surface area contributed by atoms with Crippen LogP contribution in [0.3, 0.4) is 0 Å². The van der Waals surface area contributed by atoms with Crippen LogP contribution in [0.2, 0.25) is 0 Å². The zero-order valence-corrected chi connectivity index (χ0v) is 14.1. The Hall–Kier alpha value is -1.44. The monoisotopic (exact) mass is 288 g/mol. The van der Waals surface area contributed by atoms with Crippen LogP contribution in [0.5, 0.6) is 0 Å². The molecule has 2 nitrogen and oxygen atoms in total. The van der Waals surface area contributed by atoms with E-state index < -0.39 is 5.41 Å². The van der Waals surface area contributed by atoms with Crippen LogP contribution in [-0.4, -0.2) is 11.6 Å². The maximum Gasteiger partial charge on any atom is 0.182 e. The van der Waals surface area contributed by atoms with Crippen molar-refractivity contribution in [3.63, 3.8) is 0 Å². The topological polar surface area (TPSA) is 34.1 Å². The van der Waals surface area contributed by atoms with Crippen LogP contribution in [0.15, 0.2) is 35.5 Å². The van der Waals surface area contributed by atoms with E-state index in [9.17, 15) is 9.59 Å². The molecule has 0 aromatic carbocycles. The molecule has 0 spiro atoms. The minimum Gasteiger partial charge on any atom is -0.295 e. The SMILES string of the molecule is C=CC(=O)C1CCC(C)=C(C(=O)/C=C(\C)CCC)C1(C)C. The fourth-order valence-corrected chi connectivity index (χ4v) is 3.50. The predicted molar refractivity (Wildman–Crippen MR) is 88.1 cm³/mol. The van der Waals surface area contributed by atoms with Crippen molar-refractivity contribution in [3.05, 3.63) is 35.5 Å². The van der Waals surface area contributed by atoms with Gasteiger partial charge in [-0.05, 0) is 45.3 Å². The molecule has 0 bridgehead atoms. The van der Waals surface area contributed by atoms with Gasteiger partial charge in [-0.25, -0.2) is 0 Å². The van der Waals surface area contributed by atoms with Crippen LogP contribution >= 0.6 is 0 Å². The Bertz CT molecular complexity index is 504. The second-order valence-corrected chi connectivity index (χ2v) is 6.68. The summed E-state index contributed by atoms with van der Waals surface area (Å²) < 4.78 is 0. The lowest BCUT2D eigenvalue weighted by molar-refractivity contribution is -0.122. The Labute approximate surface area is 129 Å². The quantitative estimate of drug-likeness (QED) is 0.657. The average Bonchev–Trinajstić information content (AvgIpc) is 2.37. The summed E-state index contributed by atoms with van der Waals surface area (Å²) in [5.41, 5.74) is 2.63. The lowest BCUT2D eigenvalue weighted by atomic mass is 9.63. The number of carbonyl (C=O) groups is 2. The van der Waals surface area contributed by atoms with E-state index in [0.717, 1.165) is 42.4 Å². The highest BCUT2D eigenvalue weighted by molar-refractivity contribution is 6.07. The van der Waals surface area contributed by atoms with Crippen LogP contribution in [0, 0.1) is 11.3 Å². The zero-order valence-electron chi connectivity index (χ0n) is 14.1. The van der Waals surface area contributed by atoms with Gasteiger partial charge in [-0.3, -0.25) is 9.59 Å². The second kappa shape index (κ2) is 7.02. The Morgan fingerprint density at radius 3 is 2.52 bits per heavy atom. The number of hydrogen-bond acceptors (Lipinski definition) is 2. The molecule has 0 fully saturated rings. The molecule has 1 unspecified atom stereocenters. The number of hydrogen-bond donors (Lipinski definition) is 0. The first-order valence-electron chi connectivity index (χ1n) is 7.83. The van der Waals surface area contributed by atoms with E-state index in [1.807, 2.05) is 27.7 Å². The molecular weight excluding hydrogens is 260 g/mol. The van der Waals surface area contributed by atoms with Crippen LogP contribution in [0.25, 0.3) is 0 Å². The summed E-state index contributed by atoms with van der Waals surface area (Å²) in [5, 5.41) is 0. The van der Waals surface area contributed by atoms with Gasteiger partial charge in [-0.15, -0.1) is 0 Å². The van der Waals surface area contributed by atoms with Crippen molar-refractivity contribution in [3.8, 4) is 0 Å². The molecule has 2 heteroatoms. The third-order valence-corrected chi connectivity index (χ3v) is 4.56. The minimum atomic E-state index is -0.423. The third kappa shape index (κ3) is 3.81. The first-order valence-corrected chi connectivity index (χ1v) is 7.83. The Balaban J connectivity index is 3.19. The lowest BCUT2D eigenvalue weighted by Gasteiger charge is -2.39. The molecule has 1 aliphatic carbocycles. The first kappa shape index (κ1) is 17.6. The van der Waals surface area contributed by atoms with Gasteiger partial charge in [0.25, 0.3) is 0 Å². The molecule has 1 atom stereocenters. The highest BCUT2D eigenvalue weighted by Crippen LogP contribution is 2.45. The summed E-state index contributed by atoms with van der Waals surface area (Å²) in [5.74, 6) is -0.0189. The molecule has 1 aliphatic rings. The van der Waals surface area contributed by atoms with E-state index in [2.05, 4.69) is 13.5 Å². The van der Waals surface area contributed by atoms with E-state index >= 15 is 0 Å². The van der Waals surface area contributed by atoms with Gasteiger partial charge in [0.2, 0.25) is 0 Å². The highest BCUT2D eigenvalue weighted by atomic mass is 16.1. The summed E-state index contributed by atoms with van der Waals surface area (Å²) in [4.78, 5) is 24.8. The van der Waals surface area contributed by atoms with Crippen LogP contribution in [-0.2, 0) is 9.59 Å². The summed E-state index contributed by atoms with van der Waals surface area (Å²) in [7, 11) is 0. The molecule has 0 aromatic heterocycles. The third-order valence-electron chi connectivity index (χ3n) is 4.56. The fourth-order valence-electron chi connectivity index (χ4n) is 3.50. The van der Waals surface area contributed by atoms with E-state index in [4.69, 9.17) is 0 Å². The van der Waals surface area contributed by atoms with Gasteiger partial charge in [0.1, 0.15) is 0 Å². The van der Waals surface area contributed by atoms with Gasteiger partial charge >= 0.3 is 0 Å². The Kier molecular flexibility index (Phi) is 5.88. The summed E-state index contributed by atoms with van der Waals surface area (Å²) in [6, 6.07) is 0. The fraction of sp³-hybridized carbons (Fsp3) is 0.579. The molecule has 0 aliphatic heterocycles. The Morgan fingerprint density at radius 2 is 2.00 bits per heavy atom. The summed E-state index contributed by atoms with van der Waals surface area (Å²) >= 11 is 0. The van der Waals surface area contributed by atoms with Crippen LogP contribution in [0.4, 0.5) is 0 Å². The molecule has 0 amide bonds.